The highest BCUT2D eigenvalue weighted by Gasteiger charge is 2.19. The number of hydrogen-bond donors (Lipinski definition) is 1. The third kappa shape index (κ3) is 4.07. The van der Waals surface area contributed by atoms with Crippen molar-refractivity contribution in [3.8, 4) is 0 Å². The van der Waals surface area contributed by atoms with Crippen LogP contribution >= 0.6 is 0 Å². The average Bonchev–Trinajstić information content (AvgIpc) is 2.57. The van der Waals surface area contributed by atoms with E-state index in [9.17, 15) is 0 Å². The lowest BCUT2D eigenvalue weighted by Gasteiger charge is -2.13. The van der Waals surface area contributed by atoms with E-state index >= 15 is 0 Å². The second kappa shape index (κ2) is 7.56. The Bertz CT molecular complexity index is 98.9. The summed E-state index contributed by atoms with van der Waals surface area (Å²) >= 11 is 0. The molecule has 2 N–H and O–H groups in total. The number of hydrogen-bond acceptors (Lipinski definition) is 2. The highest BCUT2D eigenvalue weighted by atomic mass is 15.1. The van der Waals surface area contributed by atoms with Crippen molar-refractivity contribution >= 4 is 0 Å². The molecule has 1 aliphatic rings. The molecule has 0 aromatic carbocycles. The van der Waals surface area contributed by atoms with E-state index in [0.29, 0.717) is 0 Å². The van der Waals surface area contributed by atoms with Crippen LogP contribution in [0.5, 0.6) is 0 Å². The van der Waals surface area contributed by atoms with Crippen molar-refractivity contribution in [1.82, 2.24) is 4.90 Å². The van der Waals surface area contributed by atoms with E-state index in [1.807, 2.05) is 13.8 Å². The number of rotatable bonds is 3. The van der Waals surface area contributed by atoms with Gasteiger partial charge in [0.2, 0.25) is 0 Å². The van der Waals surface area contributed by atoms with Crippen LogP contribution in [0.1, 0.15) is 35.0 Å². The zero-order valence-corrected chi connectivity index (χ0v) is 8.84. The smallest absolute Gasteiger partial charge is 0.00222 e. The Morgan fingerprint density at radius 1 is 1.50 bits per heavy atom. The number of nitrogens with two attached hydrogens (primary N) is 1. The summed E-state index contributed by atoms with van der Waals surface area (Å²) in [6.45, 7) is 10.9. The van der Waals surface area contributed by atoms with Gasteiger partial charge in [-0.15, -0.1) is 0 Å². The van der Waals surface area contributed by atoms with E-state index < -0.39 is 0 Å². The molecule has 0 aromatic heterocycles. The minimum absolute atomic E-state index is 0. The summed E-state index contributed by atoms with van der Waals surface area (Å²) in [5, 5.41) is 0. The molecule has 1 rings (SSSR count). The van der Waals surface area contributed by atoms with E-state index in [2.05, 4.69) is 11.8 Å². The molecular weight excluding hydrogens is 148 g/mol. The van der Waals surface area contributed by atoms with Gasteiger partial charge in [-0.3, -0.25) is 0 Å². The molecule has 12 heavy (non-hydrogen) atoms. The topological polar surface area (TPSA) is 29.3 Å². The third-order valence-corrected chi connectivity index (χ3v) is 2.24. The van der Waals surface area contributed by atoms with E-state index in [0.717, 1.165) is 12.5 Å². The molecule has 0 amide bonds. The zero-order valence-electron chi connectivity index (χ0n) is 8.84. The lowest BCUT2D eigenvalue weighted by atomic mass is 10.1. The molecule has 1 aliphatic heterocycles. The van der Waals surface area contributed by atoms with E-state index in [1.165, 1.54) is 32.5 Å². The highest BCUT2D eigenvalue weighted by Crippen LogP contribution is 2.14. The first-order valence-electron chi connectivity index (χ1n) is 5.29. The fourth-order valence-corrected chi connectivity index (χ4v) is 1.62. The lowest BCUT2D eigenvalue weighted by molar-refractivity contribution is 0.326. The van der Waals surface area contributed by atoms with Gasteiger partial charge in [0, 0.05) is 7.97 Å². The molecule has 0 radical (unpaired) electrons. The van der Waals surface area contributed by atoms with Crippen LogP contribution in [0.2, 0.25) is 0 Å². The largest absolute Gasteiger partial charge is 0.330 e. The standard InChI is InChI=1S/C8H18N2.C2H6.H2/c1-2-4-10-5-3-8(6-9)7-10;1-2;/h8H,2-7,9H2,1H3;1-2H3;1H. The van der Waals surface area contributed by atoms with Crippen molar-refractivity contribution in [2.45, 2.75) is 33.6 Å². The van der Waals surface area contributed by atoms with Crippen LogP contribution in [-0.2, 0) is 0 Å². The first-order valence-corrected chi connectivity index (χ1v) is 5.29. The van der Waals surface area contributed by atoms with Gasteiger partial charge < -0.3 is 10.6 Å². The van der Waals surface area contributed by atoms with E-state index in [1.54, 1.807) is 0 Å². The van der Waals surface area contributed by atoms with Gasteiger partial charge in [-0.25, -0.2) is 0 Å². The van der Waals surface area contributed by atoms with Crippen molar-refractivity contribution in [3.63, 3.8) is 0 Å². The van der Waals surface area contributed by atoms with Crippen LogP contribution in [0, 0.1) is 5.92 Å². The Labute approximate surface area is 78.6 Å². The highest BCUT2D eigenvalue weighted by molar-refractivity contribution is 4.75. The second-order valence-electron chi connectivity index (χ2n) is 3.19. The first kappa shape index (κ1) is 11.9. The second-order valence-corrected chi connectivity index (χ2v) is 3.19. The van der Waals surface area contributed by atoms with Crippen molar-refractivity contribution in [1.29, 1.82) is 0 Å². The van der Waals surface area contributed by atoms with Gasteiger partial charge in [0.25, 0.3) is 0 Å². The monoisotopic (exact) mass is 174 g/mol. The summed E-state index contributed by atoms with van der Waals surface area (Å²) in [4.78, 5) is 2.51. The molecule has 1 unspecified atom stereocenters. The van der Waals surface area contributed by atoms with Gasteiger partial charge in [-0.05, 0) is 38.4 Å². The Kier molecular flexibility index (Phi) is 7.51. The predicted molar refractivity (Wildman–Crippen MR) is 57.4 cm³/mol. The molecule has 0 saturated carbocycles. The maximum absolute atomic E-state index is 5.57. The van der Waals surface area contributed by atoms with Crippen LogP contribution in [0.3, 0.4) is 0 Å². The normalized spacial score (nSPS) is 23.5. The molecule has 1 atom stereocenters. The molecule has 0 aliphatic carbocycles. The summed E-state index contributed by atoms with van der Waals surface area (Å²) in [5.41, 5.74) is 5.57. The molecule has 1 heterocycles. The quantitative estimate of drug-likeness (QED) is 0.708. The van der Waals surface area contributed by atoms with Crippen molar-refractivity contribution in [3.05, 3.63) is 0 Å². The summed E-state index contributed by atoms with van der Waals surface area (Å²) in [6, 6.07) is 0. The Morgan fingerprint density at radius 3 is 2.58 bits per heavy atom. The molecule has 0 bridgehead atoms. The molecule has 1 fully saturated rings. The van der Waals surface area contributed by atoms with Crippen molar-refractivity contribution < 1.29 is 1.43 Å². The molecule has 0 spiro atoms. The van der Waals surface area contributed by atoms with Gasteiger partial charge in [0.05, 0.1) is 0 Å². The summed E-state index contributed by atoms with van der Waals surface area (Å²) in [5.74, 6) is 0.784. The van der Waals surface area contributed by atoms with Gasteiger partial charge >= 0.3 is 0 Å². The fraction of sp³-hybridized carbons (Fsp3) is 1.00. The number of likely N-dealkylation sites (tertiary alicyclic amines) is 1. The van der Waals surface area contributed by atoms with Crippen molar-refractivity contribution in [2.75, 3.05) is 26.2 Å². The first-order chi connectivity index (χ1) is 5.86. The average molecular weight is 174 g/mol. The van der Waals surface area contributed by atoms with Crippen LogP contribution in [0.25, 0.3) is 0 Å². The Balaban J connectivity index is 0. The van der Waals surface area contributed by atoms with E-state index in [4.69, 9.17) is 5.73 Å². The SMILES string of the molecule is CC.CCCN1CCC(CN)C1.[HH]. The van der Waals surface area contributed by atoms with Gasteiger partial charge in [0.1, 0.15) is 0 Å². The van der Waals surface area contributed by atoms with Crippen LogP contribution < -0.4 is 5.73 Å². The van der Waals surface area contributed by atoms with Crippen LogP contribution in [0.15, 0.2) is 0 Å². The minimum atomic E-state index is 0. The minimum Gasteiger partial charge on any atom is -0.330 e. The Morgan fingerprint density at radius 2 is 2.17 bits per heavy atom. The molecule has 1 saturated heterocycles. The fourth-order valence-electron chi connectivity index (χ4n) is 1.62. The van der Waals surface area contributed by atoms with Gasteiger partial charge in [-0.1, -0.05) is 20.8 Å². The molecule has 0 aromatic rings. The maximum atomic E-state index is 5.57. The van der Waals surface area contributed by atoms with Gasteiger partial charge in [-0.2, -0.15) is 0 Å². The lowest BCUT2D eigenvalue weighted by Crippen LogP contribution is -2.23. The Hall–Kier alpha value is -0.0800. The number of nitrogens with zero attached hydrogens (tertiary/aromatic N) is 1. The third-order valence-electron chi connectivity index (χ3n) is 2.24. The molecule has 2 nitrogen and oxygen atoms in total. The van der Waals surface area contributed by atoms with Crippen LogP contribution in [0.4, 0.5) is 0 Å². The molecule has 2 heteroatoms. The maximum Gasteiger partial charge on any atom is 0.00222 e. The molecular formula is C10H26N2. The summed E-state index contributed by atoms with van der Waals surface area (Å²) < 4.78 is 0. The van der Waals surface area contributed by atoms with E-state index in [-0.39, 0.29) is 1.43 Å². The van der Waals surface area contributed by atoms with Crippen LogP contribution in [-0.4, -0.2) is 31.1 Å². The van der Waals surface area contributed by atoms with Gasteiger partial charge in [0.15, 0.2) is 0 Å². The summed E-state index contributed by atoms with van der Waals surface area (Å²) in [6.07, 6.45) is 2.59. The van der Waals surface area contributed by atoms with Crippen molar-refractivity contribution in [2.24, 2.45) is 11.7 Å². The zero-order chi connectivity index (χ0) is 9.40. The summed E-state index contributed by atoms with van der Waals surface area (Å²) in [7, 11) is 0. The predicted octanol–water partition coefficient (Wildman–Crippen LogP) is 1.95. The molecule has 76 valence electrons.